The molecule has 0 saturated heterocycles. The van der Waals surface area contributed by atoms with Crippen molar-refractivity contribution in [3.8, 4) is 0 Å². The molecule has 2 rings (SSSR count). The van der Waals surface area contributed by atoms with Gasteiger partial charge in [-0.2, -0.15) is 5.10 Å². The van der Waals surface area contributed by atoms with Gasteiger partial charge in [-0.25, -0.2) is 0 Å². The van der Waals surface area contributed by atoms with E-state index in [9.17, 15) is 0 Å². The van der Waals surface area contributed by atoms with Crippen molar-refractivity contribution in [2.45, 2.75) is 58.0 Å². The molecule has 0 amide bonds. The number of aryl methyl sites for hydroxylation is 2. The van der Waals surface area contributed by atoms with Crippen molar-refractivity contribution >= 4 is 0 Å². The van der Waals surface area contributed by atoms with Crippen LogP contribution in [-0.2, 0) is 6.54 Å². The molecule has 0 unspecified atom stereocenters. The molecule has 1 aliphatic carbocycles. The van der Waals surface area contributed by atoms with Crippen LogP contribution < -0.4 is 5.32 Å². The number of aromatic amines is 1. The van der Waals surface area contributed by atoms with Crippen LogP contribution in [0.1, 0.15) is 49.1 Å². The topological polar surface area (TPSA) is 44.0 Å². The maximum atomic E-state index is 4.26. The first-order valence-corrected chi connectivity index (χ1v) is 7.44. The van der Waals surface area contributed by atoms with Crippen LogP contribution in [0.25, 0.3) is 0 Å². The van der Waals surface area contributed by atoms with Crippen molar-refractivity contribution in [3.05, 3.63) is 17.0 Å². The van der Waals surface area contributed by atoms with Crippen LogP contribution in [0.2, 0.25) is 0 Å². The number of nitrogens with zero attached hydrogens (tertiary/aromatic N) is 2. The molecule has 1 saturated carbocycles. The van der Waals surface area contributed by atoms with E-state index in [1.165, 1.54) is 43.4 Å². The molecule has 108 valence electrons. The zero-order valence-corrected chi connectivity index (χ0v) is 12.8. The molecule has 2 N–H and O–H groups in total. The minimum Gasteiger partial charge on any atom is -0.311 e. The van der Waals surface area contributed by atoms with E-state index in [-0.39, 0.29) is 0 Å². The zero-order chi connectivity index (χ0) is 13.9. The van der Waals surface area contributed by atoms with E-state index in [4.69, 9.17) is 0 Å². The zero-order valence-electron chi connectivity index (χ0n) is 12.8. The molecule has 19 heavy (non-hydrogen) atoms. The maximum Gasteiger partial charge on any atom is 0.0638 e. The minimum atomic E-state index is 0.351. The fourth-order valence-electron chi connectivity index (χ4n) is 3.25. The van der Waals surface area contributed by atoms with Crippen molar-refractivity contribution in [1.82, 2.24) is 20.4 Å². The highest BCUT2D eigenvalue weighted by atomic mass is 15.2. The second-order valence-corrected chi connectivity index (χ2v) is 6.20. The first kappa shape index (κ1) is 14.5. The molecule has 1 fully saturated rings. The Morgan fingerprint density at radius 2 is 1.89 bits per heavy atom. The molecule has 1 aliphatic rings. The average Bonchev–Trinajstić information content (AvgIpc) is 2.71. The Balaban J connectivity index is 1.93. The largest absolute Gasteiger partial charge is 0.311 e. The van der Waals surface area contributed by atoms with E-state index in [0.29, 0.717) is 5.54 Å². The van der Waals surface area contributed by atoms with Gasteiger partial charge in [-0.05, 0) is 40.8 Å². The summed E-state index contributed by atoms with van der Waals surface area (Å²) in [5, 5.41) is 11.0. The first-order chi connectivity index (χ1) is 9.05. The molecular weight excluding hydrogens is 236 g/mol. The molecule has 0 aliphatic heterocycles. The van der Waals surface area contributed by atoms with Crippen LogP contribution in [0.15, 0.2) is 0 Å². The van der Waals surface area contributed by atoms with Gasteiger partial charge in [0.25, 0.3) is 0 Å². The summed E-state index contributed by atoms with van der Waals surface area (Å²) in [5.41, 5.74) is 3.98. The summed E-state index contributed by atoms with van der Waals surface area (Å²) in [4.78, 5) is 2.42. The van der Waals surface area contributed by atoms with Gasteiger partial charge in [-0.1, -0.05) is 19.3 Å². The lowest BCUT2D eigenvalue weighted by Crippen LogP contribution is -2.52. The summed E-state index contributed by atoms with van der Waals surface area (Å²) < 4.78 is 0. The Kier molecular flexibility index (Phi) is 4.63. The van der Waals surface area contributed by atoms with Gasteiger partial charge in [0.05, 0.1) is 5.69 Å². The normalized spacial score (nSPS) is 19.0. The summed E-state index contributed by atoms with van der Waals surface area (Å²) in [6.07, 6.45) is 6.76. The molecular formula is C15H28N4. The van der Waals surface area contributed by atoms with Gasteiger partial charge in [0, 0.05) is 29.9 Å². The SMILES string of the molecule is Cc1n[nH]c(C)c1CNCC1(N(C)C)CCCCC1. The molecule has 0 radical (unpaired) electrons. The molecule has 1 heterocycles. The van der Waals surface area contributed by atoms with Gasteiger partial charge >= 0.3 is 0 Å². The number of hydrogen-bond donors (Lipinski definition) is 2. The summed E-state index contributed by atoms with van der Waals surface area (Å²) in [5.74, 6) is 0. The van der Waals surface area contributed by atoms with Crippen LogP contribution in [0, 0.1) is 13.8 Å². The predicted molar refractivity (Wildman–Crippen MR) is 79.3 cm³/mol. The van der Waals surface area contributed by atoms with Crippen LogP contribution in [-0.4, -0.2) is 41.3 Å². The molecule has 0 spiro atoms. The van der Waals surface area contributed by atoms with Gasteiger partial charge in [0.15, 0.2) is 0 Å². The Labute approximate surface area is 117 Å². The molecule has 0 bridgehead atoms. The standard InChI is InChI=1S/C15H28N4/c1-12-14(13(2)18-17-12)10-16-11-15(19(3)4)8-6-5-7-9-15/h16H,5-11H2,1-4H3,(H,17,18). The van der Waals surface area contributed by atoms with Crippen molar-refractivity contribution in [2.24, 2.45) is 0 Å². The highest BCUT2D eigenvalue weighted by Gasteiger charge is 2.33. The van der Waals surface area contributed by atoms with Crippen molar-refractivity contribution < 1.29 is 0 Å². The number of rotatable bonds is 5. The third-order valence-electron chi connectivity index (χ3n) is 4.77. The first-order valence-electron chi connectivity index (χ1n) is 7.44. The molecule has 0 atom stereocenters. The molecule has 0 aromatic carbocycles. The quantitative estimate of drug-likeness (QED) is 0.858. The van der Waals surface area contributed by atoms with E-state index >= 15 is 0 Å². The Bertz CT molecular complexity index is 383. The second kappa shape index (κ2) is 6.06. The highest BCUT2D eigenvalue weighted by Crippen LogP contribution is 2.31. The number of H-pyrrole nitrogens is 1. The fourth-order valence-corrected chi connectivity index (χ4v) is 3.25. The predicted octanol–water partition coefficient (Wildman–Crippen LogP) is 2.38. The van der Waals surface area contributed by atoms with E-state index in [1.54, 1.807) is 0 Å². The highest BCUT2D eigenvalue weighted by molar-refractivity contribution is 5.22. The molecule has 1 aromatic rings. The fraction of sp³-hybridized carbons (Fsp3) is 0.800. The molecule has 1 aromatic heterocycles. The number of aromatic nitrogens is 2. The van der Waals surface area contributed by atoms with E-state index in [0.717, 1.165) is 18.8 Å². The Morgan fingerprint density at radius 3 is 2.42 bits per heavy atom. The van der Waals surface area contributed by atoms with Crippen LogP contribution in [0.4, 0.5) is 0 Å². The minimum absolute atomic E-state index is 0.351. The number of nitrogens with one attached hydrogen (secondary N) is 2. The van der Waals surface area contributed by atoms with Crippen molar-refractivity contribution in [1.29, 1.82) is 0 Å². The van der Waals surface area contributed by atoms with Gasteiger partial charge in [0.2, 0.25) is 0 Å². The summed E-state index contributed by atoms with van der Waals surface area (Å²) in [6.45, 7) is 6.16. The van der Waals surface area contributed by atoms with Gasteiger partial charge in [0.1, 0.15) is 0 Å². The third kappa shape index (κ3) is 3.18. The smallest absolute Gasteiger partial charge is 0.0638 e. The van der Waals surface area contributed by atoms with Crippen LogP contribution >= 0.6 is 0 Å². The number of hydrogen-bond acceptors (Lipinski definition) is 3. The average molecular weight is 264 g/mol. The second-order valence-electron chi connectivity index (χ2n) is 6.20. The number of likely N-dealkylation sites (N-methyl/N-ethyl adjacent to an activating group) is 1. The lowest BCUT2D eigenvalue weighted by molar-refractivity contribution is 0.0983. The molecule has 4 nitrogen and oxygen atoms in total. The third-order valence-corrected chi connectivity index (χ3v) is 4.77. The molecule has 4 heteroatoms. The Morgan fingerprint density at radius 1 is 1.21 bits per heavy atom. The van der Waals surface area contributed by atoms with Crippen molar-refractivity contribution in [3.63, 3.8) is 0 Å². The summed E-state index contributed by atoms with van der Waals surface area (Å²) in [7, 11) is 4.45. The van der Waals surface area contributed by atoms with Gasteiger partial charge in [-0.15, -0.1) is 0 Å². The van der Waals surface area contributed by atoms with E-state index in [1.807, 2.05) is 0 Å². The van der Waals surface area contributed by atoms with Crippen molar-refractivity contribution in [2.75, 3.05) is 20.6 Å². The van der Waals surface area contributed by atoms with Crippen LogP contribution in [0.5, 0.6) is 0 Å². The maximum absolute atomic E-state index is 4.26. The van der Waals surface area contributed by atoms with Gasteiger partial charge < -0.3 is 10.2 Å². The summed E-state index contributed by atoms with van der Waals surface area (Å²) >= 11 is 0. The Hall–Kier alpha value is -0.870. The van der Waals surface area contributed by atoms with Gasteiger partial charge in [-0.3, -0.25) is 5.10 Å². The van der Waals surface area contributed by atoms with Crippen LogP contribution in [0.3, 0.4) is 0 Å². The lowest BCUT2D eigenvalue weighted by atomic mass is 9.80. The van der Waals surface area contributed by atoms with E-state index < -0.39 is 0 Å². The monoisotopic (exact) mass is 264 g/mol. The lowest BCUT2D eigenvalue weighted by Gasteiger charge is -2.43. The summed E-state index contributed by atoms with van der Waals surface area (Å²) in [6, 6.07) is 0. The van der Waals surface area contributed by atoms with E-state index in [2.05, 4.69) is 48.4 Å².